The number of esters is 2. The number of piperidine rings is 1. The zero-order chi connectivity index (χ0) is 17.8. The molecule has 0 aromatic carbocycles. The van der Waals surface area contributed by atoms with E-state index in [4.69, 9.17) is 15.2 Å². The maximum atomic E-state index is 12.2. The van der Waals surface area contributed by atoms with Crippen molar-refractivity contribution in [3.8, 4) is 0 Å². The molecule has 1 aliphatic rings. The summed E-state index contributed by atoms with van der Waals surface area (Å²) >= 11 is 0. The van der Waals surface area contributed by atoms with E-state index in [1.165, 1.54) is 0 Å². The lowest BCUT2D eigenvalue weighted by Crippen LogP contribution is -2.58. The van der Waals surface area contributed by atoms with Crippen molar-refractivity contribution in [3.63, 3.8) is 0 Å². The van der Waals surface area contributed by atoms with Crippen LogP contribution in [0, 0.1) is 5.92 Å². The number of nitrogens with two attached hydrogens (primary N) is 1. The summed E-state index contributed by atoms with van der Waals surface area (Å²) in [6, 6.07) is 0. The van der Waals surface area contributed by atoms with E-state index < -0.39 is 11.9 Å². The van der Waals surface area contributed by atoms with E-state index in [0.717, 1.165) is 12.8 Å². The molecule has 1 heterocycles. The number of hydrogen-bond acceptors (Lipinski definition) is 6. The molecule has 23 heavy (non-hydrogen) atoms. The van der Waals surface area contributed by atoms with Gasteiger partial charge in [-0.25, -0.2) is 9.59 Å². The van der Waals surface area contributed by atoms with Crippen molar-refractivity contribution < 1.29 is 19.1 Å². The minimum absolute atomic E-state index is 0.0925. The molecule has 3 N–H and O–H groups in total. The number of allylic oxidation sites excluding steroid dienone is 1. The Hall–Kier alpha value is -1.56. The Morgan fingerprint density at radius 3 is 1.74 bits per heavy atom. The largest absolute Gasteiger partial charge is 0.462 e. The lowest BCUT2D eigenvalue weighted by Gasteiger charge is -2.46. The van der Waals surface area contributed by atoms with E-state index >= 15 is 0 Å². The van der Waals surface area contributed by atoms with Crippen LogP contribution in [0.1, 0.15) is 54.4 Å². The molecule has 1 fully saturated rings. The van der Waals surface area contributed by atoms with Gasteiger partial charge in [-0.05, 0) is 54.4 Å². The highest BCUT2D eigenvalue weighted by molar-refractivity contribution is 6.14. The Balaban J connectivity index is 3.22. The molecule has 1 rings (SSSR count). The van der Waals surface area contributed by atoms with Crippen LogP contribution in [0.2, 0.25) is 0 Å². The molecule has 0 atom stereocenters. The Morgan fingerprint density at radius 1 is 1.00 bits per heavy atom. The van der Waals surface area contributed by atoms with E-state index in [0.29, 0.717) is 0 Å². The third-order valence-corrected chi connectivity index (χ3v) is 3.88. The second kappa shape index (κ2) is 7.34. The average molecular weight is 326 g/mol. The maximum absolute atomic E-state index is 12.2. The number of carbonyl (C=O) groups excluding carboxylic acids is 2. The SMILES string of the molecule is CCOC(=O)C(C(=O)OCC)=C(N)C1CC(C)(C)NC(C)(C)C1. The molecule has 0 amide bonds. The standard InChI is InChI=1S/C17H30N2O4/c1-7-22-14(20)12(15(21)23-8-2)13(18)11-9-16(3,4)19-17(5,6)10-11/h11,19H,7-10,18H2,1-6H3. The highest BCUT2D eigenvalue weighted by atomic mass is 16.6. The third-order valence-electron chi connectivity index (χ3n) is 3.88. The van der Waals surface area contributed by atoms with Gasteiger partial charge in [0.25, 0.3) is 0 Å². The minimum Gasteiger partial charge on any atom is -0.462 e. The molecule has 0 radical (unpaired) electrons. The van der Waals surface area contributed by atoms with Gasteiger partial charge in [-0.1, -0.05) is 0 Å². The van der Waals surface area contributed by atoms with Gasteiger partial charge in [-0.3, -0.25) is 0 Å². The maximum Gasteiger partial charge on any atom is 0.347 e. The summed E-state index contributed by atoms with van der Waals surface area (Å²) in [5.41, 5.74) is 6.06. The summed E-state index contributed by atoms with van der Waals surface area (Å²) in [6.07, 6.45) is 1.45. The van der Waals surface area contributed by atoms with Crippen molar-refractivity contribution >= 4 is 11.9 Å². The van der Waals surface area contributed by atoms with Crippen molar-refractivity contribution in [2.45, 2.75) is 65.5 Å². The van der Waals surface area contributed by atoms with Crippen LogP contribution in [0.5, 0.6) is 0 Å². The molecular weight excluding hydrogens is 296 g/mol. The van der Waals surface area contributed by atoms with Crippen LogP contribution < -0.4 is 11.1 Å². The zero-order valence-corrected chi connectivity index (χ0v) is 15.1. The first-order valence-electron chi connectivity index (χ1n) is 8.16. The van der Waals surface area contributed by atoms with E-state index in [2.05, 4.69) is 33.0 Å². The quantitative estimate of drug-likeness (QED) is 0.347. The normalized spacial score (nSPS) is 19.7. The predicted octanol–water partition coefficient (Wildman–Crippen LogP) is 1.88. The first kappa shape index (κ1) is 19.5. The van der Waals surface area contributed by atoms with Gasteiger partial charge in [0.05, 0.1) is 13.2 Å². The van der Waals surface area contributed by atoms with Gasteiger partial charge in [-0.15, -0.1) is 0 Å². The lowest BCUT2D eigenvalue weighted by molar-refractivity contribution is -0.146. The van der Waals surface area contributed by atoms with Crippen LogP contribution in [0.3, 0.4) is 0 Å². The number of nitrogens with one attached hydrogen (secondary N) is 1. The molecule has 6 heteroatoms. The Bertz CT molecular complexity index is 459. The summed E-state index contributed by atoms with van der Waals surface area (Å²) in [5, 5.41) is 3.55. The summed E-state index contributed by atoms with van der Waals surface area (Å²) in [6.45, 7) is 12.1. The van der Waals surface area contributed by atoms with Crippen molar-refractivity contribution in [1.82, 2.24) is 5.32 Å². The van der Waals surface area contributed by atoms with E-state index in [1.54, 1.807) is 13.8 Å². The van der Waals surface area contributed by atoms with Gasteiger partial charge in [0, 0.05) is 22.7 Å². The Kier molecular flexibility index (Phi) is 6.22. The minimum atomic E-state index is -0.711. The van der Waals surface area contributed by atoms with Gasteiger partial charge in [0.15, 0.2) is 5.57 Å². The first-order chi connectivity index (χ1) is 10.5. The number of carbonyl (C=O) groups is 2. The fourth-order valence-corrected chi connectivity index (χ4v) is 3.47. The van der Waals surface area contributed by atoms with Gasteiger partial charge < -0.3 is 20.5 Å². The van der Waals surface area contributed by atoms with E-state index in [1.807, 2.05) is 0 Å². The highest BCUT2D eigenvalue weighted by Crippen LogP contribution is 2.36. The summed E-state index contributed by atoms with van der Waals surface area (Å²) in [4.78, 5) is 24.4. The van der Waals surface area contributed by atoms with Crippen molar-refractivity contribution in [2.24, 2.45) is 11.7 Å². The van der Waals surface area contributed by atoms with Crippen LogP contribution in [-0.4, -0.2) is 36.2 Å². The molecule has 0 aliphatic carbocycles. The second-order valence-electron chi connectivity index (χ2n) is 7.27. The highest BCUT2D eigenvalue weighted by Gasteiger charge is 2.40. The van der Waals surface area contributed by atoms with Gasteiger partial charge in [0.2, 0.25) is 0 Å². The van der Waals surface area contributed by atoms with Crippen LogP contribution in [0.15, 0.2) is 11.3 Å². The predicted molar refractivity (Wildman–Crippen MR) is 88.5 cm³/mol. The molecule has 0 spiro atoms. The molecule has 0 bridgehead atoms. The Morgan fingerprint density at radius 2 is 1.39 bits per heavy atom. The molecule has 0 unspecified atom stereocenters. The smallest absolute Gasteiger partial charge is 0.347 e. The Labute approximate surface area is 138 Å². The lowest BCUT2D eigenvalue weighted by atomic mass is 9.74. The van der Waals surface area contributed by atoms with Gasteiger partial charge in [0.1, 0.15) is 0 Å². The van der Waals surface area contributed by atoms with E-state index in [9.17, 15) is 9.59 Å². The van der Waals surface area contributed by atoms with Gasteiger partial charge >= 0.3 is 11.9 Å². The molecular formula is C17H30N2O4. The molecule has 0 aromatic rings. The van der Waals surface area contributed by atoms with Crippen LogP contribution >= 0.6 is 0 Å². The molecule has 6 nitrogen and oxygen atoms in total. The van der Waals surface area contributed by atoms with Gasteiger partial charge in [-0.2, -0.15) is 0 Å². The van der Waals surface area contributed by atoms with Crippen molar-refractivity contribution in [1.29, 1.82) is 0 Å². The number of ether oxygens (including phenoxy) is 2. The molecule has 1 saturated heterocycles. The topological polar surface area (TPSA) is 90.7 Å². The third kappa shape index (κ3) is 5.23. The fourth-order valence-electron chi connectivity index (χ4n) is 3.47. The second-order valence-corrected chi connectivity index (χ2v) is 7.27. The monoisotopic (exact) mass is 326 g/mol. The molecule has 1 aliphatic heterocycles. The molecule has 0 saturated carbocycles. The number of hydrogen-bond donors (Lipinski definition) is 2. The molecule has 0 aromatic heterocycles. The summed E-state index contributed by atoms with van der Waals surface area (Å²) < 4.78 is 9.99. The van der Waals surface area contributed by atoms with Crippen LogP contribution in [0.4, 0.5) is 0 Å². The van der Waals surface area contributed by atoms with Crippen molar-refractivity contribution in [3.05, 3.63) is 11.3 Å². The fraction of sp³-hybridized carbons (Fsp3) is 0.765. The zero-order valence-electron chi connectivity index (χ0n) is 15.1. The van der Waals surface area contributed by atoms with Crippen LogP contribution in [0.25, 0.3) is 0 Å². The summed E-state index contributed by atoms with van der Waals surface area (Å²) in [5.74, 6) is -1.51. The number of rotatable bonds is 5. The summed E-state index contributed by atoms with van der Waals surface area (Å²) in [7, 11) is 0. The van der Waals surface area contributed by atoms with Crippen molar-refractivity contribution in [2.75, 3.05) is 13.2 Å². The molecule has 132 valence electrons. The first-order valence-corrected chi connectivity index (χ1v) is 8.16. The van der Waals surface area contributed by atoms with Crippen LogP contribution in [-0.2, 0) is 19.1 Å². The average Bonchev–Trinajstić information content (AvgIpc) is 2.35. The van der Waals surface area contributed by atoms with E-state index in [-0.39, 0.29) is 41.5 Å².